The van der Waals surface area contributed by atoms with E-state index in [-0.39, 0.29) is 14.2 Å². The summed E-state index contributed by atoms with van der Waals surface area (Å²) < 4.78 is 228. The van der Waals surface area contributed by atoms with Crippen LogP contribution in [0.15, 0.2) is 0 Å². The molecule has 0 fully saturated rings. The van der Waals surface area contributed by atoms with Crippen molar-refractivity contribution in [2.24, 2.45) is 0 Å². The molecule has 20 heteroatoms. The molecule has 0 N–H and O–H groups in total. The third kappa shape index (κ3) is 3.50. The number of rotatable bonds is 8. The van der Waals surface area contributed by atoms with Crippen molar-refractivity contribution in [3.05, 3.63) is 0 Å². The van der Waals surface area contributed by atoms with Gasteiger partial charge in [-0.3, -0.25) is 0 Å². The molecule has 0 aliphatic rings. The lowest BCUT2D eigenvalue weighted by Gasteiger charge is -2.44. The van der Waals surface area contributed by atoms with Crippen LogP contribution in [0, 0.1) is 0 Å². The molecule has 0 spiro atoms. The molecule has 0 radical (unpaired) electrons. The molecule has 182 valence electrons. The highest BCUT2D eigenvalue weighted by molar-refractivity contribution is 6.49. The van der Waals surface area contributed by atoms with Crippen LogP contribution in [0.2, 0.25) is 0 Å². The standard InChI is InChI=1S/C10H7F17O2Si/c1-28-30(29-2)8(21,10(25,26)27)6(17,18)4(13,14)3(11,12)5(15,16)7(19,20)9(22,23)24/h30H,1-2H3. The van der Waals surface area contributed by atoms with Gasteiger partial charge in [-0.2, -0.15) is 70.2 Å². The Labute approximate surface area is 155 Å². The number of alkyl halides is 17. The molecule has 0 aromatic rings. The largest absolute Gasteiger partial charge is 0.460 e. The van der Waals surface area contributed by atoms with Crippen molar-refractivity contribution in [3.8, 4) is 0 Å². The van der Waals surface area contributed by atoms with Crippen LogP contribution in [0.4, 0.5) is 74.6 Å². The molecule has 0 aromatic carbocycles. The van der Waals surface area contributed by atoms with Gasteiger partial charge in [0, 0.05) is 14.2 Å². The monoisotopic (exact) mass is 510 g/mol. The molecule has 0 amide bonds. The van der Waals surface area contributed by atoms with E-state index in [1.165, 1.54) is 0 Å². The zero-order valence-corrected chi connectivity index (χ0v) is 15.0. The first kappa shape index (κ1) is 28.9. The van der Waals surface area contributed by atoms with Gasteiger partial charge in [0.2, 0.25) is 0 Å². The lowest BCUT2D eigenvalue weighted by atomic mass is 9.91. The summed E-state index contributed by atoms with van der Waals surface area (Å²) in [7, 11) is -6.15. The Bertz CT molecular complexity index is 607. The molecule has 1 unspecified atom stereocenters. The summed E-state index contributed by atoms with van der Waals surface area (Å²) in [5, 5.41) is -7.01. The minimum Gasteiger partial charge on any atom is -0.398 e. The summed E-state index contributed by atoms with van der Waals surface area (Å²) in [5.74, 6) is -41.8. The van der Waals surface area contributed by atoms with Crippen LogP contribution in [0.25, 0.3) is 0 Å². The number of halogens is 17. The van der Waals surface area contributed by atoms with Gasteiger partial charge in [-0.05, 0) is 0 Å². The fraction of sp³-hybridized carbons (Fsp3) is 1.00. The minimum absolute atomic E-state index is 0.0841. The van der Waals surface area contributed by atoms with Crippen molar-refractivity contribution in [2.45, 2.75) is 47.3 Å². The van der Waals surface area contributed by atoms with Crippen molar-refractivity contribution in [3.63, 3.8) is 0 Å². The maximum Gasteiger partial charge on any atom is 0.460 e. The first-order valence-corrected chi connectivity index (χ1v) is 8.06. The van der Waals surface area contributed by atoms with Crippen LogP contribution < -0.4 is 0 Å². The molecule has 0 aliphatic heterocycles. The molecule has 1 atom stereocenters. The number of hydrogen-bond acceptors (Lipinski definition) is 2. The summed E-state index contributed by atoms with van der Waals surface area (Å²) in [6.07, 6.45) is -15.1. The summed E-state index contributed by atoms with van der Waals surface area (Å²) >= 11 is 0. The van der Waals surface area contributed by atoms with Crippen molar-refractivity contribution >= 4 is 9.28 Å². The molecular weight excluding hydrogens is 503 g/mol. The van der Waals surface area contributed by atoms with E-state index in [1.54, 1.807) is 0 Å². The third-order valence-electron chi connectivity index (χ3n) is 3.56. The van der Waals surface area contributed by atoms with Crippen molar-refractivity contribution in [2.75, 3.05) is 14.2 Å². The van der Waals surface area contributed by atoms with Gasteiger partial charge in [-0.25, -0.2) is 4.39 Å². The zero-order chi connectivity index (χ0) is 25.0. The van der Waals surface area contributed by atoms with Gasteiger partial charge >= 0.3 is 56.5 Å². The SMILES string of the molecule is CO[SiH](OC)C(F)(C(F)(F)F)C(F)(F)C(F)(F)C(F)(F)C(F)(F)C(F)(F)C(F)(F)F. The van der Waals surface area contributed by atoms with Crippen LogP contribution in [0.3, 0.4) is 0 Å². The van der Waals surface area contributed by atoms with Gasteiger partial charge in [0.1, 0.15) is 0 Å². The van der Waals surface area contributed by atoms with Gasteiger partial charge in [0.15, 0.2) is 0 Å². The van der Waals surface area contributed by atoms with Crippen LogP contribution >= 0.6 is 0 Å². The highest BCUT2D eigenvalue weighted by Gasteiger charge is 2.96. The smallest absolute Gasteiger partial charge is 0.398 e. The van der Waals surface area contributed by atoms with Gasteiger partial charge < -0.3 is 8.85 Å². The Morgan fingerprint density at radius 1 is 0.400 bits per heavy atom. The average molecular weight is 510 g/mol. The van der Waals surface area contributed by atoms with E-state index in [0.717, 1.165) is 0 Å². The Balaban J connectivity index is 7.03. The second-order valence-electron chi connectivity index (χ2n) is 5.38. The molecule has 0 rings (SSSR count). The van der Waals surface area contributed by atoms with Crippen LogP contribution in [-0.2, 0) is 8.85 Å². The maximum absolute atomic E-state index is 14.2. The quantitative estimate of drug-likeness (QED) is 0.337. The van der Waals surface area contributed by atoms with Crippen molar-refractivity contribution in [1.29, 1.82) is 0 Å². The van der Waals surface area contributed by atoms with Crippen LogP contribution in [-0.4, -0.2) is 70.8 Å². The maximum atomic E-state index is 14.2. The average Bonchev–Trinajstić information content (AvgIpc) is 2.52. The van der Waals surface area contributed by atoms with Crippen molar-refractivity contribution in [1.82, 2.24) is 0 Å². The third-order valence-corrected chi connectivity index (χ3v) is 5.75. The topological polar surface area (TPSA) is 18.5 Å². The Morgan fingerprint density at radius 3 is 0.900 bits per heavy atom. The molecule has 30 heavy (non-hydrogen) atoms. The van der Waals surface area contributed by atoms with E-state index in [1.807, 2.05) is 0 Å². The van der Waals surface area contributed by atoms with Gasteiger partial charge in [0.05, 0.1) is 0 Å². The first-order chi connectivity index (χ1) is 12.8. The highest BCUT2D eigenvalue weighted by atomic mass is 28.3. The highest BCUT2D eigenvalue weighted by Crippen LogP contribution is 2.64. The molecule has 0 aliphatic carbocycles. The van der Waals surface area contributed by atoms with E-state index in [9.17, 15) is 74.6 Å². The predicted molar refractivity (Wildman–Crippen MR) is 61.9 cm³/mol. The fourth-order valence-corrected chi connectivity index (χ4v) is 3.47. The van der Waals surface area contributed by atoms with E-state index in [2.05, 4.69) is 8.85 Å². The van der Waals surface area contributed by atoms with E-state index >= 15 is 0 Å². The predicted octanol–water partition coefficient (Wildman–Crippen LogP) is 5.05. The van der Waals surface area contributed by atoms with E-state index in [0.29, 0.717) is 0 Å². The normalized spacial score (nSPS) is 18.0. The van der Waals surface area contributed by atoms with Crippen LogP contribution in [0.1, 0.15) is 0 Å². The zero-order valence-electron chi connectivity index (χ0n) is 13.8. The Kier molecular flexibility index (Phi) is 7.26. The summed E-state index contributed by atoms with van der Waals surface area (Å²) in [4.78, 5) is 0. The molecule has 0 heterocycles. The Hall–Kier alpha value is -1.05. The van der Waals surface area contributed by atoms with Crippen LogP contribution in [0.5, 0.6) is 0 Å². The number of hydrogen-bond donors (Lipinski definition) is 0. The summed E-state index contributed by atoms with van der Waals surface area (Å²) in [5.41, 5.74) is 0. The second-order valence-corrected chi connectivity index (χ2v) is 7.78. The fourth-order valence-electron chi connectivity index (χ4n) is 1.88. The molecule has 0 aromatic heterocycles. The van der Waals surface area contributed by atoms with Gasteiger partial charge in [-0.15, -0.1) is 0 Å². The Morgan fingerprint density at radius 2 is 0.667 bits per heavy atom. The first-order valence-electron chi connectivity index (χ1n) is 6.54. The summed E-state index contributed by atoms with van der Waals surface area (Å²) in [6.45, 7) is 0. The van der Waals surface area contributed by atoms with Gasteiger partial charge in [0.25, 0.3) is 0 Å². The molecule has 2 nitrogen and oxygen atoms in total. The molecule has 0 bridgehead atoms. The lowest BCUT2D eigenvalue weighted by molar-refractivity contribution is -0.452. The van der Waals surface area contributed by atoms with E-state index in [4.69, 9.17) is 0 Å². The van der Waals surface area contributed by atoms with E-state index < -0.39 is 56.5 Å². The summed E-state index contributed by atoms with van der Waals surface area (Å²) in [6, 6.07) is 0. The second kappa shape index (κ2) is 7.52. The van der Waals surface area contributed by atoms with Gasteiger partial charge in [-0.1, -0.05) is 0 Å². The molecule has 0 saturated carbocycles. The van der Waals surface area contributed by atoms with Crippen molar-refractivity contribution < 1.29 is 83.5 Å². The molecule has 0 saturated heterocycles. The lowest BCUT2D eigenvalue weighted by Crippen LogP contribution is -2.78. The molecular formula is C10H7F17O2Si. The minimum atomic E-state index is -8.59.